The number of fused-ring (bicyclic) bond motifs is 2. The number of benzene rings is 3. The van der Waals surface area contributed by atoms with E-state index >= 15 is 0 Å². The van der Waals surface area contributed by atoms with Gasteiger partial charge >= 0.3 is 0 Å². The molecule has 50 heavy (non-hydrogen) atoms. The fraction of sp³-hybridized carbons (Fsp3) is 0.368. The van der Waals surface area contributed by atoms with Crippen LogP contribution in [0, 0.1) is 17.1 Å². The lowest BCUT2D eigenvalue weighted by Gasteiger charge is -2.34. The third kappa shape index (κ3) is 6.48. The zero-order chi connectivity index (χ0) is 35.6. The molecule has 1 unspecified atom stereocenters. The van der Waals surface area contributed by atoms with Gasteiger partial charge < -0.3 is 24.4 Å². The van der Waals surface area contributed by atoms with Crippen molar-refractivity contribution >= 4 is 17.7 Å². The first-order valence-corrected chi connectivity index (χ1v) is 16.7. The molecule has 11 nitrogen and oxygen atoms in total. The van der Waals surface area contributed by atoms with Gasteiger partial charge in [0, 0.05) is 51.4 Å². The summed E-state index contributed by atoms with van der Waals surface area (Å²) >= 11 is 0. The molecule has 0 saturated carbocycles. The molecular weight excluding hydrogens is 637 g/mol. The molecule has 6 rings (SSSR count). The first-order chi connectivity index (χ1) is 24.0. The predicted octanol–water partition coefficient (Wildman–Crippen LogP) is 4.21. The zero-order valence-electron chi connectivity index (χ0n) is 28.7. The molecule has 12 heteroatoms. The minimum Gasteiger partial charge on any atom is -0.419 e. The second-order valence-corrected chi connectivity index (χ2v) is 13.3. The van der Waals surface area contributed by atoms with Crippen molar-refractivity contribution in [2.45, 2.75) is 43.6 Å². The van der Waals surface area contributed by atoms with Crippen LogP contribution in [0.1, 0.15) is 68.1 Å². The Morgan fingerprint density at radius 1 is 0.940 bits per heavy atom. The summed E-state index contributed by atoms with van der Waals surface area (Å²) in [6.07, 6.45) is 2.99. The van der Waals surface area contributed by atoms with E-state index in [4.69, 9.17) is 4.42 Å². The van der Waals surface area contributed by atoms with Gasteiger partial charge in [-0.05, 0) is 109 Å². The smallest absolute Gasteiger partial charge is 0.253 e. The number of amides is 3. The SMILES string of the molecule is CN(C)C(=O)c1ccc2c(c1)CCc1cc(C(=O)N(C)C)ccc1C2(CCNCC(=O)N1CCCC1C#N)c1nnc(-c2ccc(F)cc2)o1. The van der Waals surface area contributed by atoms with E-state index in [1.54, 1.807) is 57.4 Å². The number of nitrogens with zero attached hydrogens (tertiary/aromatic N) is 6. The molecule has 1 aliphatic carbocycles. The Morgan fingerprint density at radius 2 is 1.54 bits per heavy atom. The molecule has 0 radical (unpaired) electrons. The van der Waals surface area contributed by atoms with Crippen LogP contribution in [-0.4, -0.2) is 96.5 Å². The number of nitriles is 1. The van der Waals surface area contributed by atoms with Crippen LogP contribution < -0.4 is 5.32 Å². The zero-order valence-corrected chi connectivity index (χ0v) is 28.7. The van der Waals surface area contributed by atoms with Gasteiger partial charge in [0.15, 0.2) is 0 Å². The molecule has 1 aliphatic heterocycles. The van der Waals surface area contributed by atoms with Crippen molar-refractivity contribution in [3.05, 3.63) is 106 Å². The Morgan fingerprint density at radius 3 is 2.10 bits per heavy atom. The van der Waals surface area contributed by atoms with Crippen LogP contribution in [0.4, 0.5) is 4.39 Å². The standard InChI is InChI=1S/C38H40FN7O4/c1-44(2)35(48)27-11-15-31-25(20-27)7-8-26-21-28(36(49)45(3)4)12-16-32(26)38(31,17-18-41-23-33(47)46-19-5-6-30(46)22-40)37-43-42-34(50-37)24-9-13-29(39)14-10-24/h9-16,20-21,30,41H,5-8,17-19,23H2,1-4H3. The van der Waals surface area contributed by atoms with Crippen LogP contribution in [0.2, 0.25) is 0 Å². The number of hydrogen-bond donors (Lipinski definition) is 1. The van der Waals surface area contributed by atoms with Crippen LogP contribution in [0.5, 0.6) is 0 Å². The summed E-state index contributed by atoms with van der Waals surface area (Å²) in [5.41, 5.74) is 4.13. The van der Waals surface area contributed by atoms with Gasteiger partial charge in [0.25, 0.3) is 11.8 Å². The third-order valence-electron chi connectivity index (χ3n) is 9.66. The maximum absolute atomic E-state index is 13.8. The summed E-state index contributed by atoms with van der Waals surface area (Å²) in [6.45, 7) is 0.950. The van der Waals surface area contributed by atoms with Gasteiger partial charge in [-0.1, -0.05) is 12.1 Å². The Bertz CT molecular complexity index is 1890. The molecule has 1 aromatic heterocycles. The Hall–Kier alpha value is -5.41. The van der Waals surface area contributed by atoms with Crippen molar-refractivity contribution in [2.75, 3.05) is 47.8 Å². The normalized spacial score (nSPS) is 16.2. The van der Waals surface area contributed by atoms with Crippen molar-refractivity contribution in [1.29, 1.82) is 5.26 Å². The minimum atomic E-state index is -1.06. The van der Waals surface area contributed by atoms with Crippen molar-refractivity contribution < 1.29 is 23.2 Å². The van der Waals surface area contributed by atoms with E-state index in [2.05, 4.69) is 21.6 Å². The number of rotatable bonds is 9. The highest BCUT2D eigenvalue weighted by Crippen LogP contribution is 2.47. The van der Waals surface area contributed by atoms with E-state index in [0.29, 0.717) is 55.5 Å². The van der Waals surface area contributed by atoms with Gasteiger partial charge in [0.2, 0.25) is 17.7 Å². The molecular formula is C38H40FN7O4. The van der Waals surface area contributed by atoms with Crippen LogP contribution in [0.15, 0.2) is 65.1 Å². The minimum absolute atomic E-state index is 0.0468. The highest BCUT2D eigenvalue weighted by molar-refractivity contribution is 5.95. The van der Waals surface area contributed by atoms with Crippen molar-refractivity contribution in [1.82, 2.24) is 30.2 Å². The molecule has 258 valence electrons. The second kappa shape index (κ2) is 14.2. The summed E-state index contributed by atoms with van der Waals surface area (Å²) in [6, 6.07) is 18.9. The Labute approximate surface area is 290 Å². The number of carbonyl (C=O) groups is 3. The molecule has 0 spiro atoms. The van der Waals surface area contributed by atoms with Gasteiger partial charge in [-0.15, -0.1) is 10.2 Å². The third-order valence-corrected chi connectivity index (χ3v) is 9.66. The van der Waals surface area contributed by atoms with Gasteiger partial charge in [-0.3, -0.25) is 14.4 Å². The molecule has 1 fully saturated rings. The maximum Gasteiger partial charge on any atom is 0.253 e. The fourth-order valence-electron chi connectivity index (χ4n) is 7.11. The molecule has 1 saturated heterocycles. The van der Waals surface area contributed by atoms with Crippen LogP contribution >= 0.6 is 0 Å². The molecule has 1 N–H and O–H groups in total. The largest absolute Gasteiger partial charge is 0.419 e. The van der Waals surface area contributed by atoms with Crippen molar-refractivity contribution in [3.8, 4) is 17.5 Å². The maximum atomic E-state index is 13.8. The van der Waals surface area contributed by atoms with E-state index < -0.39 is 17.3 Å². The topological polar surface area (TPSA) is 136 Å². The lowest BCUT2D eigenvalue weighted by atomic mass is 9.69. The highest BCUT2D eigenvalue weighted by atomic mass is 19.1. The number of aromatic nitrogens is 2. The summed E-state index contributed by atoms with van der Waals surface area (Å²) in [5, 5.41) is 21.8. The first-order valence-electron chi connectivity index (χ1n) is 16.7. The second-order valence-electron chi connectivity index (χ2n) is 13.3. The summed E-state index contributed by atoms with van der Waals surface area (Å²) < 4.78 is 20.3. The molecule has 3 aromatic carbocycles. The summed E-state index contributed by atoms with van der Waals surface area (Å²) in [4.78, 5) is 44.0. The van der Waals surface area contributed by atoms with Crippen molar-refractivity contribution in [3.63, 3.8) is 0 Å². The quantitative estimate of drug-likeness (QED) is 0.261. The van der Waals surface area contributed by atoms with Crippen LogP contribution in [0.3, 0.4) is 0 Å². The Kier molecular flexibility index (Phi) is 9.79. The van der Waals surface area contributed by atoms with E-state index in [9.17, 15) is 24.0 Å². The van der Waals surface area contributed by atoms with Crippen LogP contribution in [-0.2, 0) is 23.1 Å². The van der Waals surface area contributed by atoms with E-state index in [1.807, 2.05) is 24.3 Å². The molecule has 2 aliphatic rings. The average Bonchev–Trinajstić information content (AvgIpc) is 3.79. The number of hydrogen-bond acceptors (Lipinski definition) is 8. The van der Waals surface area contributed by atoms with Gasteiger partial charge in [0.1, 0.15) is 17.3 Å². The lowest BCUT2D eigenvalue weighted by Crippen LogP contribution is -2.42. The summed E-state index contributed by atoms with van der Waals surface area (Å²) in [7, 11) is 6.84. The number of likely N-dealkylation sites (tertiary alicyclic amines) is 1. The first kappa shape index (κ1) is 34.5. The van der Waals surface area contributed by atoms with Crippen LogP contribution in [0.25, 0.3) is 11.5 Å². The van der Waals surface area contributed by atoms with Gasteiger partial charge in [0.05, 0.1) is 12.6 Å². The van der Waals surface area contributed by atoms with Gasteiger partial charge in [-0.2, -0.15) is 5.26 Å². The highest BCUT2D eigenvalue weighted by Gasteiger charge is 2.46. The average molecular weight is 678 g/mol. The lowest BCUT2D eigenvalue weighted by molar-refractivity contribution is -0.130. The Balaban J connectivity index is 1.48. The van der Waals surface area contributed by atoms with E-state index in [-0.39, 0.29) is 36.0 Å². The number of carbonyl (C=O) groups excluding carboxylic acids is 3. The van der Waals surface area contributed by atoms with Gasteiger partial charge in [-0.25, -0.2) is 4.39 Å². The molecule has 1 atom stereocenters. The summed E-state index contributed by atoms with van der Waals surface area (Å²) in [5.74, 6) is -0.290. The van der Waals surface area contributed by atoms with Crippen molar-refractivity contribution in [2.24, 2.45) is 0 Å². The number of nitrogens with one attached hydrogen (secondary N) is 1. The molecule has 4 aromatic rings. The molecule has 0 bridgehead atoms. The number of halogens is 1. The van der Waals surface area contributed by atoms with E-state index in [1.165, 1.54) is 21.9 Å². The predicted molar refractivity (Wildman–Crippen MR) is 184 cm³/mol. The molecule has 3 amide bonds. The molecule has 2 heterocycles. The fourth-order valence-corrected chi connectivity index (χ4v) is 7.11. The number of aryl methyl sites for hydroxylation is 2. The van der Waals surface area contributed by atoms with E-state index in [0.717, 1.165) is 28.7 Å². The monoisotopic (exact) mass is 677 g/mol.